The molecule has 1 fully saturated rings. The maximum atomic E-state index is 12.9. The number of primary amides is 1. The van der Waals surface area contributed by atoms with Gasteiger partial charge in [-0.1, -0.05) is 26.7 Å². The Bertz CT molecular complexity index is 936. The lowest BCUT2D eigenvalue weighted by molar-refractivity contribution is -0.131. The molecule has 0 aliphatic heterocycles. The first-order valence-electron chi connectivity index (χ1n) is 10.5. The van der Waals surface area contributed by atoms with Crippen LogP contribution in [0.1, 0.15) is 56.4 Å². The second-order valence-corrected chi connectivity index (χ2v) is 8.52. The van der Waals surface area contributed by atoms with Gasteiger partial charge in [0.25, 0.3) is 5.91 Å². The molecule has 1 aromatic heterocycles. The Kier molecular flexibility index (Phi) is 6.64. The maximum Gasteiger partial charge on any atom is 0.267 e. The minimum absolute atomic E-state index is 0.116. The Hall–Kier alpha value is -3.03. The van der Waals surface area contributed by atoms with Crippen molar-refractivity contribution in [3.63, 3.8) is 0 Å². The molecule has 0 radical (unpaired) electrons. The highest BCUT2D eigenvalue weighted by atomic mass is 16.3. The molecule has 8 nitrogen and oxygen atoms in total. The second kappa shape index (κ2) is 9.19. The molecule has 1 heterocycles. The summed E-state index contributed by atoms with van der Waals surface area (Å²) in [5.74, 6) is -1.17. The first-order valence-corrected chi connectivity index (χ1v) is 10.5. The number of H-pyrrole nitrogens is 1. The number of phenolic OH excluding ortho intramolecular Hbond substituents is 1. The molecule has 0 bridgehead atoms. The lowest BCUT2D eigenvalue weighted by Crippen LogP contribution is -2.53. The van der Waals surface area contributed by atoms with Gasteiger partial charge in [0.05, 0.1) is 5.92 Å². The summed E-state index contributed by atoms with van der Waals surface area (Å²) in [6.45, 7) is 3.93. The standard InChI is InChI=1S/C22H30N4O4/c1-12(2)9-18(20(23)28)26-21(29)15-5-3-4-6-16(15)25-22(30)19-10-13-7-8-14(27)11-17(13)24-19/h7-8,10-12,15-16,18,24,27H,3-6,9H2,1-2H3,(H2,23,28)(H,25,30)(H,26,29). The molecule has 30 heavy (non-hydrogen) atoms. The smallest absolute Gasteiger partial charge is 0.267 e. The topological polar surface area (TPSA) is 137 Å². The predicted molar refractivity (Wildman–Crippen MR) is 114 cm³/mol. The summed E-state index contributed by atoms with van der Waals surface area (Å²) in [5.41, 5.74) is 6.49. The third-order valence-corrected chi connectivity index (χ3v) is 5.64. The van der Waals surface area contributed by atoms with Crippen molar-refractivity contribution < 1.29 is 19.5 Å². The summed E-state index contributed by atoms with van der Waals surface area (Å²) in [6, 6.07) is 5.53. The largest absolute Gasteiger partial charge is 0.508 e. The summed E-state index contributed by atoms with van der Waals surface area (Å²) in [6.07, 6.45) is 3.62. The summed E-state index contributed by atoms with van der Waals surface area (Å²) in [5, 5.41) is 16.2. The summed E-state index contributed by atoms with van der Waals surface area (Å²) < 4.78 is 0. The first kappa shape index (κ1) is 21.7. The SMILES string of the molecule is CC(C)CC(NC(=O)C1CCCCC1NC(=O)c1cc2ccc(O)cc2[nH]1)C(N)=O. The van der Waals surface area contributed by atoms with Crippen molar-refractivity contribution in [2.24, 2.45) is 17.6 Å². The number of nitrogens with one attached hydrogen (secondary N) is 3. The third kappa shape index (κ3) is 5.11. The number of hydrogen-bond donors (Lipinski definition) is 5. The van der Waals surface area contributed by atoms with E-state index >= 15 is 0 Å². The maximum absolute atomic E-state index is 12.9. The fourth-order valence-electron chi connectivity index (χ4n) is 4.10. The zero-order valence-corrected chi connectivity index (χ0v) is 17.4. The average molecular weight is 415 g/mol. The van der Waals surface area contributed by atoms with Crippen molar-refractivity contribution >= 4 is 28.6 Å². The molecule has 8 heteroatoms. The Morgan fingerprint density at radius 2 is 1.93 bits per heavy atom. The number of aromatic amines is 1. The van der Waals surface area contributed by atoms with Crippen LogP contribution in [0.15, 0.2) is 24.3 Å². The highest BCUT2D eigenvalue weighted by Crippen LogP contribution is 2.26. The van der Waals surface area contributed by atoms with Gasteiger partial charge in [-0.3, -0.25) is 14.4 Å². The lowest BCUT2D eigenvalue weighted by atomic mass is 9.83. The van der Waals surface area contributed by atoms with Crippen molar-refractivity contribution in [1.29, 1.82) is 0 Å². The first-order chi connectivity index (χ1) is 14.2. The van der Waals surface area contributed by atoms with E-state index in [0.29, 0.717) is 30.5 Å². The van der Waals surface area contributed by atoms with E-state index < -0.39 is 17.9 Å². The monoisotopic (exact) mass is 414 g/mol. The molecule has 1 saturated carbocycles. The zero-order valence-electron chi connectivity index (χ0n) is 17.4. The number of amides is 3. The molecule has 2 aromatic rings. The number of carbonyl (C=O) groups is 3. The molecule has 3 unspecified atom stereocenters. The van der Waals surface area contributed by atoms with Gasteiger partial charge in [0.15, 0.2) is 0 Å². The van der Waals surface area contributed by atoms with Crippen molar-refractivity contribution in [3.05, 3.63) is 30.0 Å². The molecular weight excluding hydrogens is 384 g/mol. The molecule has 1 aliphatic rings. The van der Waals surface area contributed by atoms with Crippen LogP contribution in [-0.2, 0) is 9.59 Å². The lowest BCUT2D eigenvalue weighted by Gasteiger charge is -2.32. The van der Waals surface area contributed by atoms with Crippen LogP contribution in [0.3, 0.4) is 0 Å². The van der Waals surface area contributed by atoms with Crippen LogP contribution in [-0.4, -0.2) is 39.9 Å². The van der Waals surface area contributed by atoms with E-state index in [1.807, 2.05) is 13.8 Å². The van der Waals surface area contributed by atoms with Gasteiger partial charge < -0.3 is 26.5 Å². The minimum atomic E-state index is -0.711. The van der Waals surface area contributed by atoms with Gasteiger partial charge in [0, 0.05) is 23.0 Å². The van der Waals surface area contributed by atoms with Gasteiger partial charge in [-0.25, -0.2) is 0 Å². The number of aromatic hydroxyl groups is 1. The van der Waals surface area contributed by atoms with E-state index in [1.165, 1.54) is 0 Å². The molecule has 0 spiro atoms. The molecule has 0 saturated heterocycles. The Morgan fingerprint density at radius 3 is 2.63 bits per heavy atom. The number of benzene rings is 1. The number of carbonyl (C=O) groups excluding carboxylic acids is 3. The van der Waals surface area contributed by atoms with Gasteiger partial charge in [0.1, 0.15) is 17.5 Å². The molecule has 3 atom stereocenters. The molecule has 3 amide bonds. The van der Waals surface area contributed by atoms with Crippen LogP contribution in [0.2, 0.25) is 0 Å². The van der Waals surface area contributed by atoms with E-state index in [2.05, 4.69) is 15.6 Å². The van der Waals surface area contributed by atoms with Gasteiger partial charge in [-0.05, 0) is 43.4 Å². The molecule has 162 valence electrons. The fourth-order valence-corrected chi connectivity index (χ4v) is 4.10. The summed E-state index contributed by atoms with van der Waals surface area (Å²) in [4.78, 5) is 40.4. The van der Waals surface area contributed by atoms with Gasteiger partial charge >= 0.3 is 0 Å². The van der Waals surface area contributed by atoms with E-state index in [4.69, 9.17) is 5.73 Å². The number of rotatable bonds is 7. The second-order valence-electron chi connectivity index (χ2n) is 8.52. The average Bonchev–Trinajstić information content (AvgIpc) is 3.10. The number of hydrogen-bond acceptors (Lipinski definition) is 4. The van der Waals surface area contributed by atoms with Crippen LogP contribution < -0.4 is 16.4 Å². The van der Waals surface area contributed by atoms with Gasteiger partial charge in [-0.15, -0.1) is 0 Å². The zero-order chi connectivity index (χ0) is 21.8. The van der Waals surface area contributed by atoms with E-state index in [0.717, 1.165) is 18.2 Å². The quantitative estimate of drug-likeness (QED) is 0.474. The van der Waals surface area contributed by atoms with Crippen molar-refractivity contribution in [2.45, 2.75) is 58.0 Å². The van der Waals surface area contributed by atoms with E-state index in [9.17, 15) is 19.5 Å². The van der Waals surface area contributed by atoms with Gasteiger partial charge in [-0.2, -0.15) is 0 Å². The van der Waals surface area contributed by atoms with Crippen LogP contribution in [0.4, 0.5) is 0 Å². The van der Waals surface area contributed by atoms with Crippen molar-refractivity contribution in [2.75, 3.05) is 0 Å². The summed E-state index contributed by atoms with van der Waals surface area (Å²) >= 11 is 0. The number of phenols is 1. The minimum Gasteiger partial charge on any atom is -0.508 e. The third-order valence-electron chi connectivity index (χ3n) is 5.64. The van der Waals surface area contributed by atoms with E-state index in [1.54, 1.807) is 24.3 Å². The molecule has 6 N–H and O–H groups in total. The molecule has 1 aromatic carbocycles. The van der Waals surface area contributed by atoms with Crippen LogP contribution >= 0.6 is 0 Å². The van der Waals surface area contributed by atoms with Crippen molar-refractivity contribution in [1.82, 2.24) is 15.6 Å². The number of aromatic nitrogens is 1. The Morgan fingerprint density at radius 1 is 1.20 bits per heavy atom. The predicted octanol–water partition coefficient (Wildman–Crippen LogP) is 2.18. The Balaban J connectivity index is 1.70. The number of nitrogens with two attached hydrogens (primary N) is 1. The normalized spacial score (nSPS) is 20.1. The van der Waals surface area contributed by atoms with Gasteiger partial charge in [0.2, 0.25) is 11.8 Å². The Labute approximate surface area is 175 Å². The summed E-state index contributed by atoms with van der Waals surface area (Å²) in [7, 11) is 0. The van der Waals surface area contributed by atoms with Crippen molar-refractivity contribution in [3.8, 4) is 5.75 Å². The molecule has 1 aliphatic carbocycles. The van der Waals surface area contributed by atoms with E-state index in [-0.39, 0.29) is 29.5 Å². The number of fused-ring (bicyclic) bond motifs is 1. The van der Waals surface area contributed by atoms with Crippen LogP contribution in [0.25, 0.3) is 10.9 Å². The molecular formula is C22H30N4O4. The highest BCUT2D eigenvalue weighted by molar-refractivity contribution is 5.98. The molecule has 3 rings (SSSR count). The fraction of sp³-hybridized carbons (Fsp3) is 0.500. The van der Waals surface area contributed by atoms with Crippen LogP contribution in [0.5, 0.6) is 5.75 Å². The van der Waals surface area contributed by atoms with Crippen LogP contribution in [0, 0.1) is 11.8 Å². The highest BCUT2D eigenvalue weighted by Gasteiger charge is 2.34.